The van der Waals surface area contributed by atoms with Crippen molar-refractivity contribution in [2.75, 3.05) is 0 Å². The van der Waals surface area contributed by atoms with E-state index in [0.717, 1.165) is 0 Å². The van der Waals surface area contributed by atoms with Crippen LogP contribution in [-0.2, 0) is 0 Å². The Morgan fingerprint density at radius 2 is 0.167 bits per heavy atom. The first-order chi connectivity index (χ1) is 6.00. The predicted molar refractivity (Wildman–Crippen MR) is 67.5 cm³/mol. The fourth-order valence-electron chi connectivity index (χ4n) is 0. The van der Waals surface area contributed by atoms with Crippen molar-refractivity contribution in [3.8, 4) is 0 Å². The zero-order valence-electron chi connectivity index (χ0n) is 10.8. The van der Waals surface area contributed by atoms with Crippen molar-refractivity contribution in [3.63, 3.8) is 0 Å². The van der Waals surface area contributed by atoms with Gasteiger partial charge in [0.15, 0.2) is 0 Å². The van der Waals surface area contributed by atoms with Gasteiger partial charge in [-0.2, -0.15) is 0 Å². The molecule has 0 aliphatic heterocycles. The summed E-state index contributed by atoms with van der Waals surface area (Å²) in [6.07, 6.45) is 0. The highest BCUT2D eigenvalue weighted by Crippen LogP contribution is 0.872. The molecule has 0 fully saturated rings. The Hall–Kier alpha value is 0.180. The molecular formula is C12H24Cl6-6. The Labute approximate surface area is 153 Å². The molecule has 0 spiro atoms. The lowest BCUT2D eigenvalue weighted by Gasteiger charge is -1.00. The molecule has 0 heterocycles. The van der Waals surface area contributed by atoms with E-state index >= 15 is 0 Å². The van der Waals surface area contributed by atoms with E-state index in [0.29, 0.717) is 0 Å². The van der Waals surface area contributed by atoms with Gasteiger partial charge in [-0.3, -0.25) is 0 Å². The molecule has 120 valence electrons. The molecule has 0 saturated carbocycles. The van der Waals surface area contributed by atoms with E-state index < -0.39 is 0 Å². The van der Waals surface area contributed by atoms with Crippen molar-refractivity contribution in [3.05, 3.63) is 78.9 Å². The lowest BCUT2D eigenvalue weighted by atomic mass is 11.3. The average molecular weight is 381 g/mol. The van der Waals surface area contributed by atoms with Crippen LogP contribution in [0, 0.1) is 0 Å². The molecule has 0 amide bonds. The monoisotopic (exact) mass is 378 g/mol. The van der Waals surface area contributed by atoms with E-state index in [1.165, 1.54) is 0 Å². The molecule has 0 aliphatic carbocycles. The quantitative estimate of drug-likeness (QED) is 0.366. The van der Waals surface area contributed by atoms with Crippen LogP contribution < -0.4 is 74.4 Å². The first-order valence-electron chi connectivity index (χ1n) is 3.00. The summed E-state index contributed by atoms with van der Waals surface area (Å²) >= 11 is 0. The summed E-state index contributed by atoms with van der Waals surface area (Å²) in [7, 11) is 0. The lowest BCUT2D eigenvalue weighted by Crippen LogP contribution is -3.00. The van der Waals surface area contributed by atoms with E-state index in [2.05, 4.69) is 78.9 Å². The van der Waals surface area contributed by atoms with Gasteiger partial charge in [-0.05, 0) is 0 Å². The second-order valence-corrected chi connectivity index (χ2v) is 0. The maximum absolute atomic E-state index is 3.00. The van der Waals surface area contributed by atoms with E-state index in [9.17, 15) is 0 Å². The van der Waals surface area contributed by atoms with Gasteiger partial charge in [0.05, 0.1) is 0 Å². The number of halogens is 6. The van der Waals surface area contributed by atoms with Crippen molar-refractivity contribution in [2.45, 2.75) is 0 Å². The van der Waals surface area contributed by atoms with E-state index in [4.69, 9.17) is 0 Å². The lowest BCUT2D eigenvalue weighted by molar-refractivity contribution is -0.00100. The number of hydrogen-bond acceptors (Lipinski definition) is 0. The second-order valence-electron chi connectivity index (χ2n) is 0. The third-order valence-electron chi connectivity index (χ3n) is 0. The van der Waals surface area contributed by atoms with Crippen LogP contribution in [-0.4, -0.2) is 0 Å². The smallest absolute Gasteiger partial charge is 0.106 e. The van der Waals surface area contributed by atoms with E-state index in [-0.39, 0.29) is 74.4 Å². The molecule has 0 saturated heterocycles. The van der Waals surface area contributed by atoms with Crippen molar-refractivity contribution >= 4 is 0 Å². The van der Waals surface area contributed by atoms with Crippen LogP contribution in [0.25, 0.3) is 0 Å². The summed E-state index contributed by atoms with van der Waals surface area (Å²) in [6, 6.07) is 0. The van der Waals surface area contributed by atoms with Crippen molar-refractivity contribution in [2.24, 2.45) is 0 Å². The molecule has 0 aromatic heterocycles. The van der Waals surface area contributed by atoms with Gasteiger partial charge in [0, 0.05) is 0 Å². The third kappa shape index (κ3) is 115000. The molecule has 0 aromatic rings. The maximum atomic E-state index is 3.00. The van der Waals surface area contributed by atoms with Crippen molar-refractivity contribution in [1.29, 1.82) is 0 Å². The highest BCUT2D eigenvalue weighted by molar-refractivity contribution is 4.23. The van der Waals surface area contributed by atoms with Gasteiger partial charge < -0.3 is 74.4 Å². The first kappa shape index (κ1) is 140. The average Bonchev–Trinajstić information content (AvgIpc) is 2.33. The van der Waals surface area contributed by atoms with Crippen LogP contribution in [0.1, 0.15) is 0 Å². The fraction of sp³-hybridized carbons (Fsp3) is 0. The molecule has 0 N–H and O–H groups in total. The highest BCUT2D eigenvalue weighted by atomic mass is 35.5. The van der Waals surface area contributed by atoms with Crippen LogP contribution in [0.5, 0.6) is 0 Å². The zero-order chi connectivity index (χ0) is 12.0. The SMILES string of the molecule is C=C.C=C.C=C.C=C.C=C.C=C.[Cl-].[Cl-].[Cl-].[Cl-].[Cl-].[Cl-]. The Balaban J connectivity index is -0.00000000225. The van der Waals surface area contributed by atoms with Gasteiger partial charge in [0.1, 0.15) is 0 Å². The van der Waals surface area contributed by atoms with Crippen LogP contribution in [0.2, 0.25) is 0 Å². The number of rotatable bonds is 0. The standard InChI is InChI=1S/6C2H4.6ClH/c6*1-2;;;;;;/h6*1-2H2;6*1H/p-6. The molecular weight excluding hydrogens is 357 g/mol. The molecule has 0 aromatic carbocycles. The predicted octanol–water partition coefficient (Wildman–Crippen LogP) is -13.2. The number of hydrogen-bond donors (Lipinski definition) is 0. The normalized spacial score (nSPS) is 1.33. The Morgan fingerprint density at radius 1 is 0.167 bits per heavy atom. The summed E-state index contributed by atoms with van der Waals surface area (Å²) < 4.78 is 0. The highest BCUT2D eigenvalue weighted by Gasteiger charge is 0.611. The van der Waals surface area contributed by atoms with Crippen LogP contribution >= 0.6 is 0 Å². The summed E-state index contributed by atoms with van der Waals surface area (Å²) in [5.74, 6) is 0. The summed E-state index contributed by atoms with van der Waals surface area (Å²) in [5.41, 5.74) is 0. The van der Waals surface area contributed by atoms with Gasteiger partial charge in [0.25, 0.3) is 0 Å². The summed E-state index contributed by atoms with van der Waals surface area (Å²) in [4.78, 5) is 0. The Bertz CT molecular complexity index is 32.0. The van der Waals surface area contributed by atoms with Crippen molar-refractivity contribution < 1.29 is 74.4 Å². The molecule has 0 unspecified atom stereocenters. The van der Waals surface area contributed by atoms with Crippen molar-refractivity contribution in [1.82, 2.24) is 0 Å². The third-order valence-corrected chi connectivity index (χ3v) is 0. The molecule has 0 nitrogen and oxygen atoms in total. The molecule has 18 heavy (non-hydrogen) atoms. The molecule has 0 radical (unpaired) electrons. The van der Waals surface area contributed by atoms with E-state index in [1.54, 1.807) is 0 Å². The summed E-state index contributed by atoms with van der Waals surface area (Å²) in [5, 5.41) is 0. The molecule has 0 bridgehead atoms. The first-order valence-corrected chi connectivity index (χ1v) is 3.00. The minimum absolute atomic E-state index is 0. The molecule has 0 atom stereocenters. The minimum Gasteiger partial charge on any atom is -1.00 e. The van der Waals surface area contributed by atoms with Crippen LogP contribution in [0.15, 0.2) is 78.9 Å². The molecule has 0 aliphatic rings. The van der Waals surface area contributed by atoms with Crippen LogP contribution in [0.3, 0.4) is 0 Å². The van der Waals surface area contributed by atoms with Gasteiger partial charge in [-0.1, -0.05) is 0 Å². The van der Waals surface area contributed by atoms with Gasteiger partial charge in [-0.25, -0.2) is 0 Å². The molecule has 0 rings (SSSR count). The van der Waals surface area contributed by atoms with Gasteiger partial charge in [0.2, 0.25) is 0 Å². The Kier molecular flexibility index (Phi) is 1080000. The topological polar surface area (TPSA) is 0 Å². The summed E-state index contributed by atoms with van der Waals surface area (Å²) in [6.45, 7) is 36.0. The second kappa shape index (κ2) is 139000. The largest absolute Gasteiger partial charge is 1.00 e. The zero-order valence-corrected chi connectivity index (χ0v) is 15.3. The Morgan fingerprint density at radius 3 is 0.167 bits per heavy atom. The van der Waals surface area contributed by atoms with Gasteiger partial charge in [-0.15, -0.1) is 78.9 Å². The van der Waals surface area contributed by atoms with Crippen LogP contribution in [0.4, 0.5) is 0 Å². The maximum Gasteiger partial charge on any atom is -0.106 e. The minimum atomic E-state index is 0. The molecule has 6 heteroatoms. The fourth-order valence-corrected chi connectivity index (χ4v) is 0. The van der Waals surface area contributed by atoms with E-state index in [1.807, 2.05) is 0 Å². The van der Waals surface area contributed by atoms with Gasteiger partial charge >= 0.3 is 0 Å².